The minimum Gasteiger partial charge on any atom is -0.366 e. The Morgan fingerprint density at radius 3 is 3.00 bits per heavy atom. The second kappa shape index (κ2) is 7.35. The quantitative estimate of drug-likeness (QED) is 0.867. The van der Waals surface area contributed by atoms with Crippen LogP contribution in [0.3, 0.4) is 0 Å². The number of hydrogen-bond donors (Lipinski definition) is 1. The zero-order chi connectivity index (χ0) is 11.2. The van der Waals surface area contributed by atoms with Crippen LogP contribution in [0, 0.1) is 0 Å². The SMILES string of the molecule is CCCCn1nccc1NCc1ccsc1.Cl. The second-order valence-corrected chi connectivity index (χ2v) is 4.56. The molecule has 0 aliphatic rings. The van der Waals surface area contributed by atoms with Crippen molar-refractivity contribution >= 4 is 29.6 Å². The van der Waals surface area contributed by atoms with E-state index in [9.17, 15) is 0 Å². The smallest absolute Gasteiger partial charge is 0.124 e. The standard InChI is InChI=1S/C12H17N3S.ClH/c1-2-3-7-15-12(4-6-14-15)13-9-11-5-8-16-10-11;/h4-6,8,10,13H,2-3,7,9H2,1H3;1H. The molecule has 2 aromatic rings. The fourth-order valence-electron chi connectivity index (χ4n) is 1.55. The van der Waals surface area contributed by atoms with Gasteiger partial charge in [-0.15, -0.1) is 12.4 Å². The maximum atomic E-state index is 4.31. The molecule has 0 fully saturated rings. The molecule has 1 N–H and O–H groups in total. The number of unbranched alkanes of at least 4 members (excludes halogenated alkanes) is 1. The number of nitrogens with zero attached hydrogens (tertiary/aromatic N) is 2. The minimum atomic E-state index is 0. The third-order valence-electron chi connectivity index (χ3n) is 2.49. The lowest BCUT2D eigenvalue weighted by Crippen LogP contribution is -2.07. The Morgan fingerprint density at radius 1 is 1.41 bits per heavy atom. The molecule has 0 aliphatic carbocycles. The summed E-state index contributed by atoms with van der Waals surface area (Å²) < 4.78 is 2.04. The molecule has 17 heavy (non-hydrogen) atoms. The van der Waals surface area contributed by atoms with Gasteiger partial charge in [-0.2, -0.15) is 16.4 Å². The highest BCUT2D eigenvalue weighted by atomic mass is 35.5. The highest BCUT2D eigenvalue weighted by Crippen LogP contribution is 2.11. The first-order valence-corrected chi connectivity index (χ1v) is 6.61. The molecule has 3 nitrogen and oxygen atoms in total. The van der Waals surface area contributed by atoms with E-state index in [-0.39, 0.29) is 12.4 Å². The van der Waals surface area contributed by atoms with Gasteiger partial charge in [0.05, 0.1) is 6.20 Å². The van der Waals surface area contributed by atoms with Crippen molar-refractivity contribution in [3.8, 4) is 0 Å². The first-order chi connectivity index (χ1) is 7.90. The molecule has 0 unspecified atom stereocenters. The lowest BCUT2D eigenvalue weighted by Gasteiger charge is -2.08. The van der Waals surface area contributed by atoms with Crippen LogP contribution in [0.2, 0.25) is 0 Å². The molecule has 0 amide bonds. The van der Waals surface area contributed by atoms with Crippen molar-refractivity contribution in [2.45, 2.75) is 32.9 Å². The van der Waals surface area contributed by atoms with Crippen LogP contribution in [0.4, 0.5) is 5.82 Å². The van der Waals surface area contributed by atoms with Crippen molar-refractivity contribution in [1.29, 1.82) is 0 Å². The molecule has 0 saturated carbocycles. The Labute approximate surface area is 112 Å². The third kappa shape index (κ3) is 4.06. The summed E-state index contributed by atoms with van der Waals surface area (Å²) in [7, 11) is 0. The number of hydrogen-bond acceptors (Lipinski definition) is 3. The first kappa shape index (κ1) is 14.1. The summed E-state index contributed by atoms with van der Waals surface area (Å²) >= 11 is 1.73. The van der Waals surface area contributed by atoms with E-state index in [0.29, 0.717) is 0 Å². The molecule has 0 radical (unpaired) electrons. The number of anilines is 1. The van der Waals surface area contributed by atoms with Crippen LogP contribution < -0.4 is 5.32 Å². The van der Waals surface area contributed by atoms with Gasteiger partial charge in [0.25, 0.3) is 0 Å². The summed E-state index contributed by atoms with van der Waals surface area (Å²) in [4.78, 5) is 0. The predicted octanol–water partition coefficient (Wildman–Crippen LogP) is 3.78. The minimum absolute atomic E-state index is 0. The van der Waals surface area contributed by atoms with Gasteiger partial charge in [0, 0.05) is 19.2 Å². The van der Waals surface area contributed by atoms with Crippen LogP contribution in [0.5, 0.6) is 0 Å². The van der Waals surface area contributed by atoms with Crippen LogP contribution in [-0.2, 0) is 13.1 Å². The molecular formula is C12H18ClN3S. The summed E-state index contributed by atoms with van der Waals surface area (Å²) in [5.74, 6) is 1.11. The first-order valence-electron chi connectivity index (χ1n) is 5.67. The van der Waals surface area contributed by atoms with E-state index >= 15 is 0 Å². The molecule has 5 heteroatoms. The molecule has 0 bridgehead atoms. The van der Waals surface area contributed by atoms with E-state index < -0.39 is 0 Å². The lowest BCUT2D eigenvalue weighted by atomic mass is 10.3. The zero-order valence-corrected chi connectivity index (χ0v) is 11.6. The summed E-state index contributed by atoms with van der Waals surface area (Å²) in [6.45, 7) is 4.07. The van der Waals surface area contributed by atoms with E-state index in [1.807, 2.05) is 16.9 Å². The topological polar surface area (TPSA) is 29.9 Å². The molecule has 0 spiro atoms. The molecular weight excluding hydrogens is 254 g/mol. The molecule has 2 heterocycles. The maximum absolute atomic E-state index is 4.31. The van der Waals surface area contributed by atoms with Crippen LogP contribution >= 0.6 is 23.7 Å². The van der Waals surface area contributed by atoms with Crippen molar-refractivity contribution in [2.24, 2.45) is 0 Å². The summed E-state index contributed by atoms with van der Waals surface area (Å²) in [6, 6.07) is 4.17. The molecule has 0 aliphatic heterocycles. The van der Waals surface area contributed by atoms with Gasteiger partial charge in [0.2, 0.25) is 0 Å². The molecule has 0 atom stereocenters. The van der Waals surface area contributed by atoms with Crippen molar-refractivity contribution < 1.29 is 0 Å². The van der Waals surface area contributed by atoms with E-state index in [2.05, 4.69) is 34.2 Å². The van der Waals surface area contributed by atoms with Crippen molar-refractivity contribution in [3.05, 3.63) is 34.7 Å². The third-order valence-corrected chi connectivity index (χ3v) is 3.23. The molecule has 0 aromatic carbocycles. The Hall–Kier alpha value is -1.00. The number of aromatic nitrogens is 2. The van der Waals surface area contributed by atoms with E-state index in [0.717, 1.165) is 18.9 Å². The summed E-state index contributed by atoms with van der Waals surface area (Å²) in [5, 5.41) is 12.0. The fourth-order valence-corrected chi connectivity index (χ4v) is 2.22. The van der Waals surface area contributed by atoms with Crippen molar-refractivity contribution in [1.82, 2.24) is 9.78 Å². The summed E-state index contributed by atoms with van der Waals surface area (Å²) in [5.41, 5.74) is 1.33. The van der Waals surface area contributed by atoms with Crippen molar-refractivity contribution in [3.63, 3.8) is 0 Å². The Balaban J connectivity index is 0.00000144. The maximum Gasteiger partial charge on any atom is 0.124 e. The van der Waals surface area contributed by atoms with Crippen molar-refractivity contribution in [2.75, 3.05) is 5.32 Å². The number of nitrogens with one attached hydrogen (secondary N) is 1. The van der Waals surface area contributed by atoms with E-state index in [1.165, 1.54) is 18.4 Å². The lowest BCUT2D eigenvalue weighted by molar-refractivity contribution is 0.576. The van der Waals surface area contributed by atoms with Crippen LogP contribution in [0.1, 0.15) is 25.3 Å². The van der Waals surface area contributed by atoms with E-state index in [4.69, 9.17) is 0 Å². The van der Waals surface area contributed by atoms with Gasteiger partial charge in [-0.1, -0.05) is 13.3 Å². The van der Waals surface area contributed by atoms with Crippen LogP contribution in [-0.4, -0.2) is 9.78 Å². The second-order valence-electron chi connectivity index (χ2n) is 3.78. The molecule has 2 rings (SSSR count). The Bertz CT molecular complexity index is 411. The zero-order valence-electron chi connectivity index (χ0n) is 9.93. The largest absolute Gasteiger partial charge is 0.366 e. The highest BCUT2D eigenvalue weighted by molar-refractivity contribution is 7.07. The van der Waals surface area contributed by atoms with Gasteiger partial charge < -0.3 is 5.32 Å². The average Bonchev–Trinajstić information content (AvgIpc) is 2.94. The number of aryl methyl sites for hydroxylation is 1. The highest BCUT2D eigenvalue weighted by Gasteiger charge is 2.01. The van der Waals surface area contributed by atoms with Gasteiger partial charge >= 0.3 is 0 Å². The van der Waals surface area contributed by atoms with Gasteiger partial charge in [-0.05, 0) is 28.8 Å². The number of rotatable bonds is 6. The molecule has 2 aromatic heterocycles. The number of halogens is 1. The molecule has 94 valence electrons. The Morgan fingerprint density at radius 2 is 2.29 bits per heavy atom. The van der Waals surface area contributed by atoms with Gasteiger partial charge in [-0.25, -0.2) is 4.68 Å². The van der Waals surface area contributed by atoms with Crippen LogP contribution in [0.25, 0.3) is 0 Å². The predicted molar refractivity (Wildman–Crippen MR) is 76.0 cm³/mol. The van der Waals surface area contributed by atoms with Crippen LogP contribution in [0.15, 0.2) is 29.1 Å². The monoisotopic (exact) mass is 271 g/mol. The van der Waals surface area contributed by atoms with Gasteiger partial charge in [-0.3, -0.25) is 0 Å². The fraction of sp³-hybridized carbons (Fsp3) is 0.417. The number of thiophene rings is 1. The van der Waals surface area contributed by atoms with Gasteiger partial charge in [0.15, 0.2) is 0 Å². The van der Waals surface area contributed by atoms with Gasteiger partial charge in [0.1, 0.15) is 5.82 Å². The summed E-state index contributed by atoms with van der Waals surface area (Å²) in [6.07, 6.45) is 4.23. The average molecular weight is 272 g/mol. The Kier molecular flexibility index (Phi) is 6.08. The molecule has 0 saturated heterocycles. The van der Waals surface area contributed by atoms with E-state index in [1.54, 1.807) is 11.3 Å². The normalized spacial score (nSPS) is 9.94.